The number of fused-ring (bicyclic) bond motifs is 1. The van der Waals surface area contributed by atoms with E-state index in [1.165, 1.54) is 0 Å². The lowest BCUT2D eigenvalue weighted by Gasteiger charge is -2.40. The van der Waals surface area contributed by atoms with Crippen LogP contribution in [0.3, 0.4) is 0 Å². The maximum atomic E-state index is 12.9. The lowest BCUT2D eigenvalue weighted by Crippen LogP contribution is -2.60. The van der Waals surface area contributed by atoms with Crippen LogP contribution in [0.1, 0.15) is 25.5 Å². The molecule has 4 N–H and O–H groups in total. The molecule has 4 rings (SSSR count). The van der Waals surface area contributed by atoms with E-state index in [0.29, 0.717) is 18.8 Å². The number of primary amides is 1. The Hall–Kier alpha value is -2.87. The second-order valence-corrected chi connectivity index (χ2v) is 8.17. The highest BCUT2D eigenvalue weighted by Gasteiger charge is 2.70. The Kier molecular flexibility index (Phi) is 4.61. The molecule has 8 heteroatoms. The minimum Gasteiger partial charge on any atom is -0.368 e. The van der Waals surface area contributed by atoms with Crippen molar-refractivity contribution in [1.82, 2.24) is 20.7 Å². The monoisotopic (exact) mass is 397 g/mol. The molecule has 2 heterocycles. The summed E-state index contributed by atoms with van der Waals surface area (Å²) in [4.78, 5) is 38.9. The van der Waals surface area contributed by atoms with Crippen LogP contribution in [0, 0.1) is 17.8 Å². The van der Waals surface area contributed by atoms with E-state index >= 15 is 0 Å². The predicted octanol–water partition coefficient (Wildman–Crippen LogP) is 0.146. The Morgan fingerprint density at radius 1 is 1.21 bits per heavy atom. The van der Waals surface area contributed by atoms with Crippen molar-refractivity contribution in [1.29, 1.82) is 0 Å². The van der Waals surface area contributed by atoms with Crippen LogP contribution in [0.2, 0.25) is 0 Å². The van der Waals surface area contributed by atoms with Gasteiger partial charge in [-0.2, -0.15) is 5.01 Å². The molecule has 29 heavy (non-hydrogen) atoms. The van der Waals surface area contributed by atoms with E-state index in [1.54, 1.807) is 20.0 Å². The zero-order valence-corrected chi connectivity index (χ0v) is 16.9. The van der Waals surface area contributed by atoms with Gasteiger partial charge in [0.15, 0.2) is 0 Å². The van der Waals surface area contributed by atoms with Crippen molar-refractivity contribution in [2.24, 2.45) is 23.5 Å². The van der Waals surface area contributed by atoms with Crippen LogP contribution < -0.4 is 16.5 Å². The van der Waals surface area contributed by atoms with Crippen molar-refractivity contribution in [2.45, 2.75) is 25.4 Å². The highest BCUT2D eigenvalue weighted by atomic mass is 16.2. The second kappa shape index (κ2) is 6.88. The highest BCUT2D eigenvalue weighted by Crippen LogP contribution is 2.60. The molecule has 0 spiro atoms. The van der Waals surface area contributed by atoms with Gasteiger partial charge in [0.25, 0.3) is 5.91 Å². The number of amides is 3. The van der Waals surface area contributed by atoms with E-state index in [2.05, 4.69) is 10.7 Å². The fourth-order valence-corrected chi connectivity index (χ4v) is 5.14. The van der Waals surface area contributed by atoms with Gasteiger partial charge in [0, 0.05) is 33.0 Å². The highest BCUT2D eigenvalue weighted by molar-refractivity contribution is 5.97. The SMILES string of the molecule is CNC(=O)C1=CC(C(N)=O)(C2[C@H]3CN(C(C)=O)C[C@@H]23)N([C@@H](C)c2ccccc2)N1. The number of hydrogen-bond donors (Lipinski definition) is 3. The van der Waals surface area contributed by atoms with Crippen molar-refractivity contribution in [3.8, 4) is 0 Å². The Labute approximate surface area is 170 Å². The van der Waals surface area contributed by atoms with Crippen molar-refractivity contribution >= 4 is 17.7 Å². The summed E-state index contributed by atoms with van der Waals surface area (Å²) < 4.78 is 0. The normalized spacial score (nSPS) is 31.5. The maximum Gasteiger partial charge on any atom is 0.268 e. The number of rotatable bonds is 5. The number of nitrogens with one attached hydrogen (secondary N) is 2. The molecule has 2 aliphatic heterocycles. The number of piperidine rings is 1. The van der Waals surface area contributed by atoms with Gasteiger partial charge in [0.2, 0.25) is 11.8 Å². The summed E-state index contributed by atoms with van der Waals surface area (Å²) >= 11 is 0. The molecule has 3 amide bonds. The molecule has 2 unspecified atom stereocenters. The van der Waals surface area contributed by atoms with Gasteiger partial charge in [-0.15, -0.1) is 0 Å². The van der Waals surface area contributed by atoms with Gasteiger partial charge in [0.1, 0.15) is 11.2 Å². The molecule has 1 aromatic rings. The number of carbonyl (C=O) groups excluding carboxylic acids is 3. The topological polar surface area (TPSA) is 108 Å². The smallest absolute Gasteiger partial charge is 0.268 e. The van der Waals surface area contributed by atoms with Crippen LogP contribution in [-0.4, -0.2) is 53.3 Å². The lowest BCUT2D eigenvalue weighted by atomic mass is 9.86. The van der Waals surface area contributed by atoms with Gasteiger partial charge in [-0.3, -0.25) is 14.4 Å². The number of benzene rings is 1. The number of carbonyl (C=O) groups is 3. The average Bonchev–Trinajstić information content (AvgIpc) is 3.09. The van der Waals surface area contributed by atoms with Crippen LogP contribution in [0.4, 0.5) is 0 Å². The molecule has 154 valence electrons. The van der Waals surface area contributed by atoms with E-state index < -0.39 is 11.4 Å². The molecule has 0 aromatic heterocycles. The summed E-state index contributed by atoms with van der Waals surface area (Å²) in [5.74, 6) is -0.394. The zero-order chi connectivity index (χ0) is 20.9. The molecule has 3 aliphatic rings. The van der Waals surface area contributed by atoms with Crippen molar-refractivity contribution < 1.29 is 14.4 Å². The lowest BCUT2D eigenvalue weighted by molar-refractivity contribution is -0.133. The molecular weight excluding hydrogens is 370 g/mol. The molecular formula is C21H27N5O3. The summed E-state index contributed by atoms with van der Waals surface area (Å²) in [7, 11) is 1.55. The fourth-order valence-electron chi connectivity index (χ4n) is 5.14. The van der Waals surface area contributed by atoms with Crippen LogP contribution in [-0.2, 0) is 14.4 Å². The number of likely N-dealkylation sites (tertiary alicyclic amines) is 1. The van der Waals surface area contributed by atoms with Crippen molar-refractivity contribution in [3.63, 3.8) is 0 Å². The Bertz CT molecular complexity index is 874. The van der Waals surface area contributed by atoms with Gasteiger partial charge >= 0.3 is 0 Å². The van der Waals surface area contributed by atoms with E-state index in [0.717, 1.165) is 5.56 Å². The van der Waals surface area contributed by atoms with Gasteiger partial charge in [-0.05, 0) is 30.4 Å². The first-order chi connectivity index (χ1) is 13.8. The van der Waals surface area contributed by atoms with Gasteiger partial charge in [-0.25, -0.2) is 0 Å². The third-order valence-corrected chi connectivity index (χ3v) is 6.69. The number of hydrazine groups is 1. The van der Waals surface area contributed by atoms with Crippen LogP contribution in [0.25, 0.3) is 0 Å². The van der Waals surface area contributed by atoms with E-state index in [9.17, 15) is 14.4 Å². The van der Waals surface area contributed by atoms with Crippen LogP contribution in [0.15, 0.2) is 42.1 Å². The van der Waals surface area contributed by atoms with Crippen LogP contribution >= 0.6 is 0 Å². The first-order valence-electron chi connectivity index (χ1n) is 9.92. The quantitative estimate of drug-likeness (QED) is 0.655. The Balaban J connectivity index is 1.72. The van der Waals surface area contributed by atoms with E-state index in [-0.39, 0.29) is 35.6 Å². The zero-order valence-electron chi connectivity index (χ0n) is 16.9. The maximum absolute atomic E-state index is 12.9. The molecule has 1 saturated carbocycles. The molecule has 8 nitrogen and oxygen atoms in total. The average molecular weight is 397 g/mol. The summed E-state index contributed by atoms with van der Waals surface area (Å²) in [6.07, 6.45) is 1.69. The van der Waals surface area contributed by atoms with E-state index in [1.807, 2.05) is 47.2 Å². The van der Waals surface area contributed by atoms with E-state index in [4.69, 9.17) is 5.73 Å². The molecule has 1 aliphatic carbocycles. The third kappa shape index (κ3) is 2.90. The summed E-state index contributed by atoms with van der Waals surface area (Å²) in [6, 6.07) is 9.59. The minimum atomic E-state index is -1.13. The summed E-state index contributed by atoms with van der Waals surface area (Å²) in [5, 5.41) is 4.44. The number of likely N-dealkylation sites (N-methyl/N-ethyl adjacent to an activating group) is 1. The van der Waals surface area contributed by atoms with Crippen molar-refractivity contribution in [2.75, 3.05) is 20.1 Å². The Morgan fingerprint density at radius 2 is 1.83 bits per heavy atom. The first kappa shape index (κ1) is 19.4. The van der Waals surface area contributed by atoms with Gasteiger partial charge in [-0.1, -0.05) is 30.3 Å². The molecule has 2 fully saturated rings. The largest absolute Gasteiger partial charge is 0.368 e. The molecule has 0 bridgehead atoms. The number of nitrogens with zero attached hydrogens (tertiary/aromatic N) is 2. The minimum absolute atomic E-state index is 0.0450. The molecule has 5 atom stereocenters. The molecule has 1 aromatic carbocycles. The summed E-state index contributed by atoms with van der Waals surface area (Å²) in [6.45, 7) is 4.79. The molecule has 1 saturated heterocycles. The summed E-state index contributed by atoms with van der Waals surface area (Å²) in [5.41, 5.74) is 9.36. The van der Waals surface area contributed by atoms with Gasteiger partial charge in [0.05, 0.1) is 6.04 Å². The standard InChI is InChI=1S/C21H27N5O3/c1-12(14-7-5-4-6-8-14)26-21(20(22)29,9-17(24-26)19(28)23-3)18-15-10-25(13(2)27)11-16(15)18/h4-9,12,15-16,18,24H,10-11H2,1-3H3,(H2,22,29)(H,23,28)/t12-,15-,16+,18?,21?/m0/s1. The van der Waals surface area contributed by atoms with Gasteiger partial charge < -0.3 is 21.4 Å². The number of hydrogen-bond acceptors (Lipinski definition) is 5. The first-order valence-corrected chi connectivity index (χ1v) is 9.92. The third-order valence-electron chi connectivity index (χ3n) is 6.69. The fraction of sp³-hybridized carbons (Fsp3) is 0.476. The predicted molar refractivity (Wildman–Crippen MR) is 107 cm³/mol. The number of nitrogens with two attached hydrogens (primary N) is 1. The van der Waals surface area contributed by atoms with Crippen LogP contribution in [0.5, 0.6) is 0 Å². The second-order valence-electron chi connectivity index (χ2n) is 8.17. The Morgan fingerprint density at radius 3 is 2.34 bits per heavy atom. The van der Waals surface area contributed by atoms with Crippen molar-refractivity contribution in [3.05, 3.63) is 47.7 Å². The molecule has 0 radical (unpaired) electrons.